The highest BCUT2D eigenvalue weighted by atomic mass is 16.2. The molecule has 1 saturated heterocycles. The van der Waals surface area contributed by atoms with Crippen LogP contribution >= 0.6 is 0 Å². The standard InChI is InChI=1S/C18H21N5O2/c24-17(11-3-1-4-11)22-8-2-5-12(10-22)23-15-13-6-7-19-16(13)20-9-14(15)21-18(23)25/h6-7,9,11-12H,1-5,8,10H2,(H,19,20)(H,21,25)/t12-/m1/s1. The molecule has 2 aliphatic rings. The minimum absolute atomic E-state index is 0.0135. The Labute approximate surface area is 144 Å². The molecule has 25 heavy (non-hydrogen) atoms. The number of carbonyl (C=O) groups excluding carboxylic acids is 1. The van der Waals surface area contributed by atoms with Gasteiger partial charge in [0.25, 0.3) is 0 Å². The fourth-order valence-electron chi connectivity index (χ4n) is 4.25. The summed E-state index contributed by atoms with van der Waals surface area (Å²) in [6, 6.07) is 1.97. The zero-order chi connectivity index (χ0) is 17.0. The van der Waals surface area contributed by atoms with Gasteiger partial charge in [0.2, 0.25) is 5.91 Å². The van der Waals surface area contributed by atoms with Gasteiger partial charge in [-0.15, -0.1) is 0 Å². The number of aromatic amines is 2. The molecule has 3 aromatic rings. The number of piperidine rings is 1. The third-order valence-corrected chi connectivity index (χ3v) is 5.79. The van der Waals surface area contributed by atoms with Crippen molar-refractivity contribution in [2.24, 2.45) is 5.92 Å². The molecule has 1 saturated carbocycles. The molecule has 7 nitrogen and oxygen atoms in total. The van der Waals surface area contributed by atoms with Crippen LogP contribution in [0.5, 0.6) is 0 Å². The average molecular weight is 339 g/mol. The van der Waals surface area contributed by atoms with Crippen LogP contribution in [0.1, 0.15) is 38.1 Å². The lowest BCUT2D eigenvalue weighted by Crippen LogP contribution is -2.46. The monoisotopic (exact) mass is 339 g/mol. The van der Waals surface area contributed by atoms with Crippen molar-refractivity contribution < 1.29 is 4.79 Å². The summed E-state index contributed by atoms with van der Waals surface area (Å²) in [5.74, 6) is 0.483. The summed E-state index contributed by atoms with van der Waals surface area (Å²) in [5.41, 5.74) is 2.30. The van der Waals surface area contributed by atoms with Crippen LogP contribution in [0, 0.1) is 5.92 Å². The number of nitrogens with zero attached hydrogens (tertiary/aromatic N) is 3. The Balaban J connectivity index is 1.55. The van der Waals surface area contributed by atoms with Crippen LogP contribution in [0.15, 0.2) is 23.3 Å². The van der Waals surface area contributed by atoms with E-state index in [0.29, 0.717) is 6.54 Å². The van der Waals surface area contributed by atoms with Crippen LogP contribution in [0.3, 0.4) is 0 Å². The van der Waals surface area contributed by atoms with Gasteiger partial charge in [-0.05, 0) is 31.7 Å². The lowest BCUT2D eigenvalue weighted by molar-refractivity contribution is -0.139. The van der Waals surface area contributed by atoms with Gasteiger partial charge < -0.3 is 14.9 Å². The van der Waals surface area contributed by atoms with Crippen LogP contribution in [0.25, 0.3) is 22.1 Å². The number of aromatic nitrogens is 4. The van der Waals surface area contributed by atoms with E-state index in [9.17, 15) is 9.59 Å². The van der Waals surface area contributed by atoms with Crippen molar-refractivity contribution in [1.29, 1.82) is 0 Å². The summed E-state index contributed by atoms with van der Waals surface area (Å²) in [7, 11) is 0. The van der Waals surface area contributed by atoms with Crippen LogP contribution in [-0.2, 0) is 4.79 Å². The lowest BCUT2D eigenvalue weighted by atomic mass is 9.84. The Bertz CT molecular complexity index is 1010. The summed E-state index contributed by atoms with van der Waals surface area (Å²) in [6.45, 7) is 1.43. The quantitative estimate of drug-likeness (QED) is 0.750. The number of pyridine rings is 1. The maximum absolute atomic E-state index is 12.6. The molecule has 2 N–H and O–H groups in total. The number of imidazole rings is 1. The van der Waals surface area contributed by atoms with Crippen LogP contribution in [0.4, 0.5) is 0 Å². The maximum atomic E-state index is 12.6. The topological polar surface area (TPSA) is 86.8 Å². The summed E-state index contributed by atoms with van der Waals surface area (Å²) in [5, 5.41) is 0.943. The van der Waals surface area contributed by atoms with E-state index in [0.717, 1.165) is 60.7 Å². The molecule has 3 aromatic heterocycles. The van der Waals surface area contributed by atoms with Crippen molar-refractivity contribution in [2.45, 2.75) is 38.1 Å². The molecule has 1 atom stereocenters. The van der Waals surface area contributed by atoms with E-state index < -0.39 is 0 Å². The number of hydrogen-bond acceptors (Lipinski definition) is 3. The van der Waals surface area contributed by atoms with Crippen molar-refractivity contribution in [3.63, 3.8) is 0 Å². The fourth-order valence-corrected chi connectivity index (χ4v) is 4.25. The van der Waals surface area contributed by atoms with Gasteiger partial charge in [-0.1, -0.05) is 6.42 Å². The van der Waals surface area contributed by atoms with Crippen LogP contribution < -0.4 is 5.69 Å². The zero-order valence-corrected chi connectivity index (χ0v) is 14.0. The molecule has 0 aromatic carbocycles. The van der Waals surface area contributed by atoms with Gasteiger partial charge in [0, 0.05) is 30.6 Å². The van der Waals surface area contributed by atoms with Gasteiger partial charge in [-0.25, -0.2) is 9.78 Å². The molecule has 5 rings (SSSR count). The molecule has 0 spiro atoms. The highest BCUT2D eigenvalue weighted by Gasteiger charge is 2.33. The number of nitrogens with one attached hydrogen (secondary N) is 2. The molecule has 2 fully saturated rings. The van der Waals surface area contributed by atoms with Crippen molar-refractivity contribution in [3.05, 3.63) is 28.9 Å². The van der Waals surface area contributed by atoms with E-state index in [2.05, 4.69) is 15.0 Å². The molecule has 1 aliphatic carbocycles. The second-order valence-corrected chi connectivity index (χ2v) is 7.27. The Morgan fingerprint density at radius 1 is 1.24 bits per heavy atom. The molecule has 1 aliphatic heterocycles. The first-order valence-electron chi connectivity index (χ1n) is 9.07. The number of H-pyrrole nitrogens is 2. The Kier molecular flexibility index (Phi) is 3.23. The SMILES string of the molecule is O=C(C1CCC1)N1CCC[C@@H](n2c(=O)[nH]c3cnc4[nH]ccc4c32)C1. The van der Waals surface area contributed by atoms with E-state index >= 15 is 0 Å². The Hall–Kier alpha value is -2.57. The molecule has 7 heteroatoms. The molecular formula is C18H21N5O2. The molecule has 130 valence electrons. The van der Waals surface area contributed by atoms with E-state index in [1.54, 1.807) is 6.20 Å². The van der Waals surface area contributed by atoms with Gasteiger partial charge >= 0.3 is 5.69 Å². The molecule has 4 heterocycles. The van der Waals surface area contributed by atoms with Crippen molar-refractivity contribution in [3.8, 4) is 0 Å². The summed E-state index contributed by atoms with van der Waals surface area (Å²) in [4.78, 5) is 37.6. The lowest BCUT2D eigenvalue weighted by Gasteiger charge is -2.37. The molecule has 0 bridgehead atoms. The van der Waals surface area contributed by atoms with Crippen molar-refractivity contribution in [1.82, 2.24) is 24.4 Å². The average Bonchev–Trinajstić information content (AvgIpc) is 3.16. The smallest absolute Gasteiger partial charge is 0.326 e. The number of amides is 1. The predicted octanol–water partition coefficient (Wildman–Crippen LogP) is 2.17. The first-order valence-corrected chi connectivity index (χ1v) is 9.07. The molecule has 0 radical (unpaired) electrons. The normalized spacial score (nSPS) is 21.8. The summed E-state index contributed by atoms with van der Waals surface area (Å²) in [6.07, 6.45) is 8.58. The van der Waals surface area contributed by atoms with Crippen LogP contribution in [0.2, 0.25) is 0 Å². The fraction of sp³-hybridized carbons (Fsp3) is 0.500. The maximum Gasteiger partial charge on any atom is 0.326 e. The zero-order valence-electron chi connectivity index (χ0n) is 14.0. The highest BCUT2D eigenvalue weighted by Crippen LogP contribution is 2.32. The summed E-state index contributed by atoms with van der Waals surface area (Å²) >= 11 is 0. The minimum atomic E-state index is -0.117. The van der Waals surface area contributed by atoms with Crippen LogP contribution in [-0.4, -0.2) is 43.4 Å². The second-order valence-electron chi connectivity index (χ2n) is 7.27. The second kappa shape index (κ2) is 5.47. The van der Waals surface area contributed by atoms with Gasteiger partial charge in [-0.2, -0.15) is 0 Å². The Morgan fingerprint density at radius 2 is 2.12 bits per heavy atom. The number of rotatable bonds is 2. The predicted molar refractivity (Wildman–Crippen MR) is 94.4 cm³/mol. The van der Waals surface area contributed by atoms with Gasteiger partial charge in [0.05, 0.1) is 23.3 Å². The first kappa shape index (κ1) is 14.7. The molecule has 1 amide bonds. The van der Waals surface area contributed by atoms with E-state index in [4.69, 9.17) is 0 Å². The van der Waals surface area contributed by atoms with Gasteiger partial charge in [0.15, 0.2) is 0 Å². The van der Waals surface area contributed by atoms with Crippen molar-refractivity contribution in [2.75, 3.05) is 13.1 Å². The number of hydrogen-bond donors (Lipinski definition) is 2. The van der Waals surface area contributed by atoms with Gasteiger partial charge in [-0.3, -0.25) is 9.36 Å². The van der Waals surface area contributed by atoms with Crippen molar-refractivity contribution >= 4 is 28.0 Å². The number of carbonyl (C=O) groups is 1. The van der Waals surface area contributed by atoms with Gasteiger partial charge in [0.1, 0.15) is 5.65 Å². The molecular weight excluding hydrogens is 318 g/mol. The first-order chi connectivity index (χ1) is 12.2. The molecule has 0 unspecified atom stereocenters. The number of fused-ring (bicyclic) bond motifs is 3. The van der Waals surface area contributed by atoms with E-state index in [1.165, 1.54) is 0 Å². The van der Waals surface area contributed by atoms with E-state index in [-0.39, 0.29) is 23.6 Å². The highest BCUT2D eigenvalue weighted by molar-refractivity contribution is 6.00. The summed E-state index contributed by atoms with van der Waals surface area (Å²) < 4.78 is 1.84. The largest absolute Gasteiger partial charge is 0.346 e. The van der Waals surface area contributed by atoms with E-state index in [1.807, 2.05) is 21.7 Å². The minimum Gasteiger partial charge on any atom is -0.346 e. The Morgan fingerprint density at radius 3 is 2.92 bits per heavy atom. The third-order valence-electron chi connectivity index (χ3n) is 5.79. The third kappa shape index (κ3) is 2.22. The number of likely N-dealkylation sites (tertiary alicyclic amines) is 1.